The van der Waals surface area contributed by atoms with Crippen molar-refractivity contribution in [2.45, 2.75) is 13.8 Å². The van der Waals surface area contributed by atoms with Gasteiger partial charge in [0.15, 0.2) is 0 Å². The van der Waals surface area contributed by atoms with Crippen molar-refractivity contribution in [3.63, 3.8) is 0 Å². The smallest absolute Gasteiger partial charge is 0.0644 e. The van der Waals surface area contributed by atoms with Gasteiger partial charge in [0.05, 0.1) is 11.9 Å². The molecule has 0 saturated heterocycles. The Morgan fingerprint density at radius 2 is 1.76 bits per heavy atom. The maximum Gasteiger partial charge on any atom is 0.0644 e. The van der Waals surface area contributed by atoms with Gasteiger partial charge in [0.1, 0.15) is 0 Å². The predicted octanol–water partition coefficient (Wildman–Crippen LogP) is 4.23. The Kier molecular flexibility index (Phi) is 5.19. The number of halogens is 1. The van der Waals surface area contributed by atoms with Crippen molar-refractivity contribution in [2.75, 3.05) is 5.43 Å². The normalized spacial score (nSPS) is 10.2. The van der Waals surface area contributed by atoms with Gasteiger partial charge in [-0.15, -0.1) is 23.7 Å². The lowest BCUT2D eigenvalue weighted by molar-refractivity contribution is 1.34. The van der Waals surface area contributed by atoms with E-state index in [0.29, 0.717) is 0 Å². The average molecular weight is 267 g/mol. The molecule has 2 aromatic rings. The molecule has 0 bridgehead atoms. The lowest BCUT2D eigenvalue weighted by Gasteiger charge is -1.99. The van der Waals surface area contributed by atoms with Crippen LogP contribution in [0.15, 0.2) is 41.5 Å². The van der Waals surface area contributed by atoms with Crippen LogP contribution in [0.1, 0.15) is 15.3 Å². The van der Waals surface area contributed by atoms with Crippen molar-refractivity contribution >= 4 is 35.6 Å². The van der Waals surface area contributed by atoms with E-state index in [2.05, 4.69) is 48.6 Å². The Labute approximate surface area is 112 Å². The number of nitrogens with one attached hydrogen (secondary N) is 1. The lowest BCUT2D eigenvalue weighted by atomic mass is 10.2. The van der Waals surface area contributed by atoms with E-state index in [9.17, 15) is 0 Å². The zero-order valence-electron chi connectivity index (χ0n) is 9.81. The number of hydrogen-bond acceptors (Lipinski definition) is 3. The molecule has 0 radical (unpaired) electrons. The second-order valence-corrected chi connectivity index (χ2v) is 5.00. The van der Waals surface area contributed by atoms with Gasteiger partial charge in [0, 0.05) is 9.75 Å². The average Bonchev–Trinajstić information content (AvgIpc) is 2.67. The van der Waals surface area contributed by atoms with Crippen molar-refractivity contribution < 1.29 is 0 Å². The van der Waals surface area contributed by atoms with Gasteiger partial charge in [0.2, 0.25) is 0 Å². The van der Waals surface area contributed by atoms with E-state index in [-0.39, 0.29) is 12.4 Å². The minimum absolute atomic E-state index is 0. The Morgan fingerprint density at radius 1 is 1.06 bits per heavy atom. The highest BCUT2D eigenvalue weighted by Crippen LogP contribution is 2.13. The highest BCUT2D eigenvalue weighted by molar-refractivity contribution is 7.13. The molecule has 0 aliphatic carbocycles. The van der Waals surface area contributed by atoms with Crippen LogP contribution in [-0.2, 0) is 0 Å². The molecule has 4 heteroatoms. The summed E-state index contributed by atoms with van der Waals surface area (Å²) in [6, 6.07) is 12.3. The van der Waals surface area contributed by atoms with Crippen LogP contribution in [0.3, 0.4) is 0 Å². The van der Waals surface area contributed by atoms with E-state index in [1.807, 2.05) is 18.3 Å². The van der Waals surface area contributed by atoms with Gasteiger partial charge in [-0.1, -0.05) is 17.7 Å². The summed E-state index contributed by atoms with van der Waals surface area (Å²) in [6.45, 7) is 4.16. The molecule has 0 saturated carbocycles. The molecule has 0 atom stereocenters. The molecule has 2 rings (SSSR count). The third kappa shape index (κ3) is 4.21. The van der Waals surface area contributed by atoms with Crippen LogP contribution in [0, 0.1) is 13.8 Å². The van der Waals surface area contributed by atoms with Crippen molar-refractivity contribution in [3.8, 4) is 0 Å². The number of hydrogen-bond donors (Lipinski definition) is 1. The van der Waals surface area contributed by atoms with Crippen molar-refractivity contribution in [2.24, 2.45) is 5.10 Å². The molecular formula is C13H15ClN2S. The first kappa shape index (κ1) is 13.7. The van der Waals surface area contributed by atoms with Gasteiger partial charge < -0.3 is 0 Å². The highest BCUT2D eigenvalue weighted by Gasteiger charge is 1.92. The minimum Gasteiger partial charge on any atom is -0.278 e. The van der Waals surface area contributed by atoms with Crippen molar-refractivity contribution in [3.05, 3.63) is 51.7 Å². The zero-order chi connectivity index (χ0) is 11.4. The van der Waals surface area contributed by atoms with E-state index >= 15 is 0 Å². The standard InChI is InChI=1S/C13H14N2S.ClH/c1-10-3-6-12(7-4-10)15-14-9-13-8-5-11(2)16-13;/h3-9,15H,1-2H3;1H/b14-9+;. The summed E-state index contributed by atoms with van der Waals surface area (Å²) < 4.78 is 0. The van der Waals surface area contributed by atoms with E-state index in [0.717, 1.165) is 10.6 Å². The molecule has 0 amide bonds. The minimum atomic E-state index is 0. The van der Waals surface area contributed by atoms with Crippen LogP contribution in [0.25, 0.3) is 0 Å². The van der Waals surface area contributed by atoms with Crippen LogP contribution < -0.4 is 5.43 Å². The molecule has 17 heavy (non-hydrogen) atoms. The summed E-state index contributed by atoms with van der Waals surface area (Å²) in [5.41, 5.74) is 5.27. The van der Waals surface area contributed by atoms with Crippen LogP contribution in [0.5, 0.6) is 0 Å². The molecule has 2 nitrogen and oxygen atoms in total. The number of thiophene rings is 1. The molecule has 0 unspecified atom stereocenters. The van der Waals surface area contributed by atoms with Crippen LogP contribution in [0.4, 0.5) is 5.69 Å². The van der Waals surface area contributed by atoms with Crippen molar-refractivity contribution in [1.29, 1.82) is 0 Å². The molecule has 0 fully saturated rings. The fourth-order valence-electron chi connectivity index (χ4n) is 1.32. The number of benzene rings is 1. The van der Waals surface area contributed by atoms with Crippen LogP contribution in [-0.4, -0.2) is 6.21 Å². The van der Waals surface area contributed by atoms with Gasteiger partial charge in [0.25, 0.3) is 0 Å². The molecule has 1 aromatic carbocycles. The Balaban J connectivity index is 0.00000144. The van der Waals surface area contributed by atoms with Gasteiger partial charge in [-0.2, -0.15) is 5.10 Å². The summed E-state index contributed by atoms with van der Waals surface area (Å²) in [5.74, 6) is 0. The highest BCUT2D eigenvalue weighted by atomic mass is 35.5. The summed E-state index contributed by atoms with van der Waals surface area (Å²) in [4.78, 5) is 2.47. The molecule has 1 N–H and O–H groups in total. The van der Waals surface area contributed by atoms with Gasteiger partial charge in [-0.05, 0) is 38.1 Å². The number of aryl methyl sites for hydroxylation is 2. The SMILES string of the molecule is Cc1ccc(N/N=C/c2ccc(C)s2)cc1.Cl. The number of rotatable bonds is 3. The third-order valence-electron chi connectivity index (χ3n) is 2.20. The van der Waals surface area contributed by atoms with Crippen LogP contribution >= 0.6 is 23.7 Å². The fourth-order valence-corrected chi connectivity index (χ4v) is 2.07. The summed E-state index contributed by atoms with van der Waals surface area (Å²) in [6.07, 6.45) is 1.84. The molecule has 0 aliphatic rings. The topological polar surface area (TPSA) is 24.4 Å². The maximum atomic E-state index is 4.19. The third-order valence-corrected chi connectivity index (χ3v) is 3.13. The quantitative estimate of drug-likeness (QED) is 0.652. The van der Waals surface area contributed by atoms with Gasteiger partial charge >= 0.3 is 0 Å². The number of anilines is 1. The predicted molar refractivity (Wildman–Crippen MR) is 78.7 cm³/mol. The largest absolute Gasteiger partial charge is 0.278 e. The summed E-state index contributed by atoms with van der Waals surface area (Å²) in [5, 5.41) is 4.19. The zero-order valence-corrected chi connectivity index (χ0v) is 11.4. The molecule has 0 aliphatic heterocycles. The molecule has 1 aromatic heterocycles. The first-order valence-corrected chi connectivity index (χ1v) is 5.98. The van der Waals surface area contributed by atoms with Gasteiger partial charge in [-0.25, -0.2) is 0 Å². The lowest BCUT2D eigenvalue weighted by Crippen LogP contribution is -1.88. The van der Waals surface area contributed by atoms with Crippen molar-refractivity contribution in [1.82, 2.24) is 0 Å². The Morgan fingerprint density at radius 3 is 2.35 bits per heavy atom. The van der Waals surface area contributed by atoms with Crippen LogP contribution in [0.2, 0.25) is 0 Å². The van der Waals surface area contributed by atoms with E-state index in [4.69, 9.17) is 0 Å². The molecule has 90 valence electrons. The van der Waals surface area contributed by atoms with Gasteiger partial charge in [-0.3, -0.25) is 5.43 Å². The monoisotopic (exact) mass is 266 g/mol. The second-order valence-electron chi connectivity index (χ2n) is 3.68. The first-order valence-electron chi connectivity index (χ1n) is 5.16. The maximum absolute atomic E-state index is 4.19. The molecular weight excluding hydrogens is 252 g/mol. The Hall–Kier alpha value is -1.32. The molecule has 1 heterocycles. The Bertz CT molecular complexity index is 488. The molecule has 0 spiro atoms. The first-order chi connectivity index (χ1) is 7.74. The van der Waals surface area contributed by atoms with E-state index in [1.54, 1.807) is 11.3 Å². The van der Waals surface area contributed by atoms with E-state index in [1.165, 1.54) is 10.4 Å². The second kappa shape index (κ2) is 6.42. The summed E-state index contributed by atoms with van der Waals surface area (Å²) in [7, 11) is 0. The number of nitrogens with zero attached hydrogens (tertiary/aromatic N) is 1. The summed E-state index contributed by atoms with van der Waals surface area (Å²) >= 11 is 1.74. The number of hydrazone groups is 1. The fraction of sp³-hybridized carbons (Fsp3) is 0.154. The van der Waals surface area contributed by atoms with E-state index < -0.39 is 0 Å².